The molecule has 0 unspecified atom stereocenters. The second kappa shape index (κ2) is 7.71. The van der Waals surface area contributed by atoms with Crippen LogP contribution < -0.4 is 10.2 Å². The SMILES string of the molecule is CS(=O)(=O)N1CCC(C(=O)NCc2cncc(N3CCCC3=O)c2)CC1. The molecule has 1 aromatic heterocycles. The summed E-state index contributed by atoms with van der Waals surface area (Å²) in [6.07, 6.45) is 7.00. The van der Waals surface area contributed by atoms with E-state index in [2.05, 4.69) is 10.3 Å². The first-order valence-electron chi connectivity index (χ1n) is 8.82. The summed E-state index contributed by atoms with van der Waals surface area (Å²) in [6.45, 7) is 1.80. The number of nitrogens with zero attached hydrogens (tertiary/aromatic N) is 3. The number of amides is 2. The average Bonchev–Trinajstić information content (AvgIpc) is 3.05. The van der Waals surface area contributed by atoms with Crippen molar-refractivity contribution in [1.29, 1.82) is 0 Å². The van der Waals surface area contributed by atoms with Crippen LogP contribution in [0.1, 0.15) is 31.2 Å². The van der Waals surface area contributed by atoms with Gasteiger partial charge in [0.25, 0.3) is 0 Å². The fourth-order valence-electron chi connectivity index (χ4n) is 3.42. The summed E-state index contributed by atoms with van der Waals surface area (Å²) in [5, 5.41) is 2.90. The molecular weight excluding hydrogens is 356 g/mol. The maximum atomic E-state index is 12.4. The van der Waals surface area contributed by atoms with E-state index in [4.69, 9.17) is 0 Å². The van der Waals surface area contributed by atoms with Crippen LogP contribution in [-0.4, -0.2) is 55.4 Å². The number of hydrogen-bond acceptors (Lipinski definition) is 5. The molecule has 0 saturated carbocycles. The van der Waals surface area contributed by atoms with Gasteiger partial charge in [0, 0.05) is 44.7 Å². The monoisotopic (exact) mass is 380 g/mol. The van der Waals surface area contributed by atoms with Gasteiger partial charge in [0.05, 0.1) is 18.1 Å². The summed E-state index contributed by atoms with van der Waals surface area (Å²) in [5.41, 5.74) is 1.60. The number of hydrogen-bond donors (Lipinski definition) is 1. The number of nitrogens with one attached hydrogen (secondary N) is 1. The molecule has 0 aliphatic carbocycles. The second-order valence-corrected chi connectivity index (χ2v) is 8.84. The van der Waals surface area contributed by atoms with E-state index in [1.807, 2.05) is 6.07 Å². The van der Waals surface area contributed by atoms with E-state index in [1.165, 1.54) is 10.6 Å². The smallest absolute Gasteiger partial charge is 0.227 e. The Kier molecular flexibility index (Phi) is 5.57. The van der Waals surface area contributed by atoms with Gasteiger partial charge in [-0.1, -0.05) is 0 Å². The Balaban J connectivity index is 1.53. The van der Waals surface area contributed by atoms with Crippen LogP contribution in [0.3, 0.4) is 0 Å². The van der Waals surface area contributed by atoms with Crippen molar-refractivity contribution in [2.75, 3.05) is 30.8 Å². The molecular formula is C17H24N4O4S. The van der Waals surface area contributed by atoms with Crippen LogP contribution >= 0.6 is 0 Å². The minimum absolute atomic E-state index is 0.0687. The standard InChI is InChI=1S/C17H24N4O4S/c1-26(24,25)20-7-4-14(5-8-20)17(23)19-11-13-9-15(12-18-10-13)21-6-2-3-16(21)22/h9-10,12,14H,2-8,11H2,1H3,(H,19,23). The van der Waals surface area contributed by atoms with Crippen molar-refractivity contribution in [3.05, 3.63) is 24.0 Å². The molecule has 142 valence electrons. The predicted octanol–water partition coefficient (Wildman–Crippen LogP) is 0.496. The van der Waals surface area contributed by atoms with Crippen LogP contribution in [0.25, 0.3) is 0 Å². The highest BCUT2D eigenvalue weighted by atomic mass is 32.2. The molecule has 26 heavy (non-hydrogen) atoms. The molecule has 0 radical (unpaired) electrons. The van der Waals surface area contributed by atoms with Crippen molar-refractivity contribution < 1.29 is 18.0 Å². The topological polar surface area (TPSA) is 99.7 Å². The molecule has 1 N–H and O–H groups in total. The third kappa shape index (κ3) is 4.39. The van der Waals surface area contributed by atoms with Crippen molar-refractivity contribution >= 4 is 27.5 Å². The van der Waals surface area contributed by atoms with Gasteiger partial charge in [-0.3, -0.25) is 14.6 Å². The maximum absolute atomic E-state index is 12.4. The molecule has 0 atom stereocenters. The molecule has 0 aromatic carbocycles. The summed E-state index contributed by atoms with van der Waals surface area (Å²) in [6, 6.07) is 1.88. The van der Waals surface area contributed by atoms with E-state index in [0.29, 0.717) is 45.4 Å². The molecule has 2 saturated heterocycles. The number of pyridine rings is 1. The van der Waals surface area contributed by atoms with Crippen LogP contribution in [0.4, 0.5) is 5.69 Å². The van der Waals surface area contributed by atoms with Crippen molar-refractivity contribution in [2.45, 2.75) is 32.2 Å². The predicted molar refractivity (Wildman–Crippen MR) is 96.8 cm³/mol. The molecule has 2 fully saturated rings. The first-order valence-corrected chi connectivity index (χ1v) is 10.7. The van der Waals surface area contributed by atoms with E-state index < -0.39 is 10.0 Å². The molecule has 0 bridgehead atoms. The summed E-state index contributed by atoms with van der Waals surface area (Å²) in [4.78, 5) is 30.1. The number of piperidine rings is 1. The lowest BCUT2D eigenvalue weighted by Crippen LogP contribution is -2.42. The third-order valence-electron chi connectivity index (χ3n) is 4.93. The van der Waals surface area contributed by atoms with Crippen LogP contribution in [0, 0.1) is 5.92 Å². The first kappa shape index (κ1) is 18.8. The lowest BCUT2D eigenvalue weighted by Gasteiger charge is -2.29. The third-order valence-corrected chi connectivity index (χ3v) is 6.23. The maximum Gasteiger partial charge on any atom is 0.227 e. The zero-order valence-electron chi connectivity index (χ0n) is 14.8. The van der Waals surface area contributed by atoms with Gasteiger partial charge in [0.1, 0.15) is 0 Å². The van der Waals surface area contributed by atoms with E-state index in [0.717, 1.165) is 17.7 Å². The Bertz CT molecular complexity index is 788. The summed E-state index contributed by atoms with van der Waals surface area (Å²) >= 11 is 0. The second-order valence-electron chi connectivity index (χ2n) is 6.85. The fraction of sp³-hybridized carbons (Fsp3) is 0.588. The van der Waals surface area contributed by atoms with Gasteiger partial charge in [0.15, 0.2) is 0 Å². The van der Waals surface area contributed by atoms with E-state index >= 15 is 0 Å². The number of anilines is 1. The van der Waals surface area contributed by atoms with Crippen LogP contribution in [0.2, 0.25) is 0 Å². The number of aromatic nitrogens is 1. The quantitative estimate of drug-likeness (QED) is 0.802. The first-order chi connectivity index (χ1) is 12.3. The van der Waals surface area contributed by atoms with Gasteiger partial charge in [-0.05, 0) is 30.9 Å². The summed E-state index contributed by atoms with van der Waals surface area (Å²) < 4.78 is 24.5. The van der Waals surface area contributed by atoms with Gasteiger partial charge in [0.2, 0.25) is 21.8 Å². The Labute approximate surface area is 153 Å². The lowest BCUT2D eigenvalue weighted by molar-refractivity contribution is -0.126. The van der Waals surface area contributed by atoms with Gasteiger partial charge in [-0.2, -0.15) is 0 Å². The zero-order chi connectivity index (χ0) is 18.7. The highest BCUT2D eigenvalue weighted by molar-refractivity contribution is 7.88. The molecule has 2 amide bonds. The molecule has 3 rings (SSSR count). The summed E-state index contributed by atoms with van der Waals surface area (Å²) in [5.74, 6) is -0.143. The van der Waals surface area contributed by atoms with Crippen LogP contribution in [0.5, 0.6) is 0 Å². The Hall–Kier alpha value is -2.00. The van der Waals surface area contributed by atoms with Gasteiger partial charge in [-0.15, -0.1) is 0 Å². The molecule has 8 nitrogen and oxygen atoms in total. The average molecular weight is 380 g/mol. The number of carbonyl (C=O) groups is 2. The minimum atomic E-state index is -3.19. The van der Waals surface area contributed by atoms with E-state index in [1.54, 1.807) is 17.3 Å². The fourth-order valence-corrected chi connectivity index (χ4v) is 4.30. The molecule has 0 spiro atoms. The lowest BCUT2D eigenvalue weighted by atomic mass is 9.97. The molecule has 9 heteroatoms. The molecule has 2 aliphatic heterocycles. The van der Waals surface area contributed by atoms with Crippen molar-refractivity contribution in [1.82, 2.24) is 14.6 Å². The normalized spacial score (nSPS) is 19.7. The van der Waals surface area contributed by atoms with Crippen LogP contribution in [0.15, 0.2) is 18.5 Å². The van der Waals surface area contributed by atoms with Gasteiger partial charge < -0.3 is 10.2 Å². The van der Waals surface area contributed by atoms with E-state index in [9.17, 15) is 18.0 Å². The Morgan fingerprint density at radius 1 is 1.27 bits per heavy atom. The van der Waals surface area contributed by atoms with Gasteiger partial charge in [-0.25, -0.2) is 12.7 Å². The number of rotatable bonds is 5. The van der Waals surface area contributed by atoms with Crippen LogP contribution in [-0.2, 0) is 26.2 Å². The minimum Gasteiger partial charge on any atom is -0.352 e. The highest BCUT2D eigenvalue weighted by Gasteiger charge is 2.28. The van der Waals surface area contributed by atoms with Crippen molar-refractivity contribution in [2.24, 2.45) is 5.92 Å². The molecule has 1 aromatic rings. The number of carbonyl (C=O) groups excluding carboxylic acids is 2. The van der Waals surface area contributed by atoms with Crippen molar-refractivity contribution in [3.8, 4) is 0 Å². The zero-order valence-corrected chi connectivity index (χ0v) is 15.7. The number of sulfonamides is 1. The molecule has 2 aliphatic rings. The van der Waals surface area contributed by atoms with Gasteiger partial charge >= 0.3 is 0 Å². The molecule has 3 heterocycles. The summed E-state index contributed by atoms with van der Waals surface area (Å²) in [7, 11) is -3.19. The Morgan fingerprint density at radius 2 is 2.00 bits per heavy atom. The Morgan fingerprint density at radius 3 is 2.62 bits per heavy atom. The highest BCUT2D eigenvalue weighted by Crippen LogP contribution is 2.22. The van der Waals surface area contributed by atoms with Crippen molar-refractivity contribution in [3.63, 3.8) is 0 Å². The van der Waals surface area contributed by atoms with E-state index in [-0.39, 0.29) is 17.7 Å². The largest absolute Gasteiger partial charge is 0.352 e.